The Labute approximate surface area is 228 Å². The highest BCUT2D eigenvalue weighted by Crippen LogP contribution is 2.32. The molecule has 2 aromatic rings. The quantitative estimate of drug-likeness (QED) is 0.299. The van der Waals surface area contributed by atoms with Gasteiger partial charge in [-0.1, -0.05) is 68.5 Å². The predicted octanol–water partition coefficient (Wildman–Crippen LogP) is 8.54. The van der Waals surface area contributed by atoms with Crippen LogP contribution in [0.4, 0.5) is 0 Å². The van der Waals surface area contributed by atoms with Gasteiger partial charge in [-0.3, -0.25) is 9.88 Å². The van der Waals surface area contributed by atoms with Gasteiger partial charge in [0.2, 0.25) is 0 Å². The maximum absolute atomic E-state index is 10.4. The van der Waals surface area contributed by atoms with Crippen LogP contribution >= 0.6 is 23.2 Å². The molecule has 36 heavy (non-hydrogen) atoms. The lowest BCUT2D eigenvalue weighted by Gasteiger charge is -2.32. The van der Waals surface area contributed by atoms with Crippen molar-refractivity contribution < 1.29 is 9.90 Å². The number of benzene rings is 1. The van der Waals surface area contributed by atoms with Gasteiger partial charge in [0, 0.05) is 28.5 Å². The first-order valence-corrected chi connectivity index (χ1v) is 13.3. The van der Waals surface area contributed by atoms with Crippen LogP contribution in [0, 0.1) is 12.8 Å². The lowest BCUT2D eigenvalue weighted by molar-refractivity contribution is 0.0696. The maximum atomic E-state index is 10.4. The summed E-state index contributed by atoms with van der Waals surface area (Å²) in [7, 11) is 0. The average molecular weight is 534 g/mol. The average Bonchev–Trinajstić information content (AvgIpc) is 2.90. The molecule has 1 N–H and O–H groups in total. The summed E-state index contributed by atoms with van der Waals surface area (Å²) in [5, 5.41) is 10.1. The second-order valence-electron chi connectivity index (χ2n) is 8.58. The third kappa shape index (κ3) is 13.7. The lowest BCUT2D eigenvalue weighted by Crippen LogP contribution is -2.34. The number of nitrogens with zero attached hydrogens (tertiary/aromatic N) is 2. The van der Waals surface area contributed by atoms with Crippen LogP contribution in [0.15, 0.2) is 48.2 Å². The fourth-order valence-corrected chi connectivity index (χ4v) is 4.03. The highest BCUT2D eigenvalue weighted by molar-refractivity contribution is 6.34. The number of unbranched alkanes of at least 4 members (excludes halogenated alkanes) is 1. The number of aryl methyl sites for hydroxylation is 1. The number of carboxylic acids is 1. The number of aromatic nitrogens is 1. The Morgan fingerprint density at radius 2 is 1.64 bits per heavy atom. The number of piperidine rings is 1. The first kappa shape index (κ1) is 33.7. The van der Waals surface area contributed by atoms with E-state index in [-0.39, 0.29) is 0 Å². The second-order valence-corrected chi connectivity index (χ2v) is 9.46. The van der Waals surface area contributed by atoms with E-state index in [2.05, 4.69) is 68.6 Å². The van der Waals surface area contributed by atoms with Gasteiger partial charge in [0.15, 0.2) is 0 Å². The zero-order valence-corrected chi connectivity index (χ0v) is 23.9. The minimum absolute atomic E-state index is 0.303. The number of rotatable bonds is 6. The van der Waals surface area contributed by atoms with Crippen LogP contribution in [0.1, 0.15) is 87.8 Å². The van der Waals surface area contributed by atoms with Gasteiger partial charge in [-0.2, -0.15) is 0 Å². The third-order valence-corrected chi connectivity index (χ3v) is 6.27. The van der Waals surface area contributed by atoms with Gasteiger partial charge in [0.25, 0.3) is 0 Å². The summed E-state index contributed by atoms with van der Waals surface area (Å²) >= 11 is 12.2. The Hall–Kier alpha value is -2.32. The molecule has 0 radical (unpaired) electrons. The molecule has 0 unspecified atom stereocenters. The molecule has 198 valence electrons. The molecule has 6 heteroatoms. The predicted molar refractivity (Wildman–Crippen MR) is 155 cm³/mol. The zero-order chi connectivity index (χ0) is 27.5. The molecule has 0 spiro atoms. The number of terminal acetylenes is 1. The molecule has 1 aromatic heterocycles. The van der Waals surface area contributed by atoms with E-state index in [1.165, 1.54) is 49.1 Å². The van der Waals surface area contributed by atoms with Gasteiger partial charge in [-0.25, -0.2) is 4.79 Å². The van der Waals surface area contributed by atoms with Crippen molar-refractivity contribution in [2.45, 2.75) is 72.6 Å². The summed E-state index contributed by atoms with van der Waals surface area (Å²) < 4.78 is 0. The van der Waals surface area contributed by atoms with E-state index in [0.29, 0.717) is 11.5 Å². The SMILES string of the molecule is C#C.C/C=C(\C)CN1CCC(c2cc(Cl)cc(Cl)c2)CC1.CCCC.CCc1cc(C(=O)O)ccn1. The van der Waals surface area contributed by atoms with Gasteiger partial charge >= 0.3 is 5.97 Å². The minimum atomic E-state index is -0.901. The van der Waals surface area contributed by atoms with Gasteiger partial charge in [0.1, 0.15) is 0 Å². The molecule has 3 rings (SSSR count). The summed E-state index contributed by atoms with van der Waals surface area (Å²) in [5.41, 5.74) is 3.85. The molecule has 0 aliphatic carbocycles. The normalized spacial score (nSPS) is 13.8. The minimum Gasteiger partial charge on any atom is -0.478 e. The summed E-state index contributed by atoms with van der Waals surface area (Å²) in [5.74, 6) is -0.305. The number of allylic oxidation sites excluding steroid dienone is 1. The number of aromatic carboxylic acids is 1. The molecular weight excluding hydrogens is 491 g/mol. The largest absolute Gasteiger partial charge is 0.478 e. The Bertz CT molecular complexity index is 927. The topological polar surface area (TPSA) is 53.4 Å². The molecule has 0 saturated carbocycles. The van der Waals surface area contributed by atoms with E-state index < -0.39 is 5.97 Å². The Kier molecular flexibility index (Phi) is 18.5. The molecule has 4 nitrogen and oxygen atoms in total. The summed E-state index contributed by atoms with van der Waals surface area (Å²) in [4.78, 5) is 16.9. The second kappa shape index (κ2) is 19.8. The Balaban J connectivity index is 0.000000609. The lowest BCUT2D eigenvalue weighted by atomic mass is 9.89. The molecule has 1 fully saturated rings. The van der Waals surface area contributed by atoms with Gasteiger partial charge in [-0.15, -0.1) is 12.8 Å². The highest BCUT2D eigenvalue weighted by Gasteiger charge is 2.21. The fourth-order valence-electron chi connectivity index (χ4n) is 3.48. The smallest absolute Gasteiger partial charge is 0.335 e. The van der Waals surface area contributed by atoms with Gasteiger partial charge in [-0.05, 0) is 88.0 Å². The number of pyridine rings is 1. The zero-order valence-electron chi connectivity index (χ0n) is 22.4. The van der Waals surface area contributed by atoms with Crippen LogP contribution in [-0.4, -0.2) is 40.6 Å². The van der Waals surface area contributed by atoms with Crippen LogP contribution in [0.25, 0.3) is 0 Å². The molecule has 1 aliphatic rings. The molecule has 0 atom stereocenters. The van der Waals surface area contributed by atoms with Crippen molar-refractivity contribution in [1.82, 2.24) is 9.88 Å². The van der Waals surface area contributed by atoms with Crippen molar-refractivity contribution in [2.75, 3.05) is 19.6 Å². The van der Waals surface area contributed by atoms with Gasteiger partial charge < -0.3 is 5.11 Å². The number of hydrogen-bond donors (Lipinski definition) is 1. The molecule has 2 heterocycles. The van der Waals surface area contributed by atoms with Crippen molar-refractivity contribution in [3.05, 3.63) is 75.0 Å². The summed E-state index contributed by atoms with van der Waals surface area (Å²) in [6.07, 6.45) is 17.5. The van der Waals surface area contributed by atoms with Crippen molar-refractivity contribution in [2.24, 2.45) is 0 Å². The van der Waals surface area contributed by atoms with Gasteiger partial charge in [0.05, 0.1) is 5.56 Å². The number of halogens is 2. The highest BCUT2D eigenvalue weighted by atomic mass is 35.5. The molecular formula is C30H42Cl2N2O2. The van der Waals surface area contributed by atoms with E-state index in [4.69, 9.17) is 28.3 Å². The van der Waals surface area contributed by atoms with Crippen molar-refractivity contribution in [1.29, 1.82) is 0 Å². The van der Waals surface area contributed by atoms with E-state index in [9.17, 15) is 4.79 Å². The van der Waals surface area contributed by atoms with E-state index in [1.807, 2.05) is 6.92 Å². The summed E-state index contributed by atoms with van der Waals surface area (Å²) in [6.45, 7) is 14.0. The molecule has 0 amide bonds. The number of carbonyl (C=O) groups is 1. The van der Waals surface area contributed by atoms with E-state index in [1.54, 1.807) is 12.1 Å². The van der Waals surface area contributed by atoms with Crippen molar-refractivity contribution in [3.8, 4) is 12.8 Å². The standard InChI is InChI=1S/C16H21Cl2N.C8H9NO2.C4H10.C2H2/c1-3-12(2)11-19-6-4-13(5-7-19)14-8-15(17)10-16(18)9-14;1-2-7-5-6(8(10)11)3-4-9-7;1-3-4-2;1-2/h3,8-10,13H,4-7,11H2,1-2H3;3-5H,2H2,1H3,(H,10,11);3-4H2,1-2H3;1-2H/b12-3+;;;. The fraction of sp³-hybridized carbons (Fsp3) is 0.467. The maximum Gasteiger partial charge on any atom is 0.335 e. The Morgan fingerprint density at radius 1 is 1.08 bits per heavy atom. The number of hydrogen-bond acceptors (Lipinski definition) is 3. The molecule has 1 saturated heterocycles. The van der Waals surface area contributed by atoms with Crippen LogP contribution in [0.2, 0.25) is 10.0 Å². The van der Waals surface area contributed by atoms with Crippen molar-refractivity contribution in [3.63, 3.8) is 0 Å². The molecule has 1 aliphatic heterocycles. The molecule has 0 bridgehead atoms. The van der Waals surface area contributed by atoms with Crippen LogP contribution in [0.3, 0.4) is 0 Å². The first-order valence-electron chi connectivity index (χ1n) is 12.6. The van der Waals surface area contributed by atoms with Crippen LogP contribution in [-0.2, 0) is 6.42 Å². The van der Waals surface area contributed by atoms with E-state index >= 15 is 0 Å². The molecule has 1 aromatic carbocycles. The summed E-state index contributed by atoms with van der Waals surface area (Å²) in [6, 6.07) is 9.00. The monoisotopic (exact) mass is 532 g/mol. The number of carboxylic acid groups (broad SMARTS) is 1. The van der Waals surface area contributed by atoms with Crippen molar-refractivity contribution >= 4 is 29.2 Å². The third-order valence-electron chi connectivity index (χ3n) is 5.84. The van der Waals surface area contributed by atoms with Crippen LogP contribution < -0.4 is 0 Å². The first-order chi connectivity index (χ1) is 17.2. The van der Waals surface area contributed by atoms with Crippen LogP contribution in [0.5, 0.6) is 0 Å². The van der Waals surface area contributed by atoms with E-state index in [0.717, 1.165) is 41.8 Å². The Morgan fingerprint density at radius 3 is 2.08 bits per heavy atom. The number of likely N-dealkylation sites (tertiary alicyclic amines) is 1.